The number of esters is 2. The van der Waals surface area contributed by atoms with Gasteiger partial charge in [0, 0.05) is 12.8 Å². The van der Waals surface area contributed by atoms with Crippen molar-refractivity contribution in [1.82, 2.24) is 0 Å². The molecule has 0 fully saturated rings. The molecule has 0 rings (SSSR count). The Morgan fingerprint density at radius 3 is 1.03 bits per heavy atom. The molecule has 5 nitrogen and oxygen atoms in total. The first-order valence-electron chi connectivity index (χ1n) is 24.7. The fourth-order valence-electron chi connectivity index (χ4n) is 6.31. The summed E-state index contributed by atoms with van der Waals surface area (Å²) in [6, 6.07) is 0. The average Bonchev–Trinajstić information content (AvgIpc) is 3.28. The monoisotopic (exact) mass is 855 g/mol. The van der Waals surface area contributed by atoms with Gasteiger partial charge < -0.3 is 14.6 Å². The van der Waals surface area contributed by atoms with Crippen molar-refractivity contribution in [2.75, 3.05) is 13.2 Å². The Balaban J connectivity index is 3.58. The molecule has 0 aromatic carbocycles. The Kier molecular flexibility index (Phi) is 48.1. The van der Waals surface area contributed by atoms with Crippen molar-refractivity contribution >= 4 is 11.9 Å². The molecule has 0 aromatic heterocycles. The second-order valence-corrected chi connectivity index (χ2v) is 15.8. The van der Waals surface area contributed by atoms with Crippen LogP contribution < -0.4 is 0 Å². The Hall–Kier alpha value is -3.96. The Morgan fingerprint density at radius 2 is 0.677 bits per heavy atom. The summed E-state index contributed by atoms with van der Waals surface area (Å²) in [4.78, 5) is 24.3. The lowest BCUT2D eigenvalue weighted by Gasteiger charge is -2.15. The number of hydrogen-bond acceptors (Lipinski definition) is 5. The predicted molar refractivity (Wildman–Crippen MR) is 269 cm³/mol. The van der Waals surface area contributed by atoms with Gasteiger partial charge in [-0.3, -0.25) is 9.59 Å². The lowest BCUT2D eigenvalue weighted by Crippen LogP contribution is -2.28. The van der Waals surface area contributed by atoms with Gasteiger partial charge >= 0.3 is 11.9 Å². The van der Waals surface area contributed by atoms with Gasteiger partial charge in [0.05, 0.1) is 6.61 Å². The van der Waals surface area contributed by atoms with E-state index in [0.29, 0.717) is 12.8 Å². The third-order valence-corrected chi connectivity index (χ3v) is 9.95. The number of hydrogen-bond donors (Lipinski definition) is 1. The minimum Gasteiger partial charge on any atom is -0.462 e. The second-order valence-electron chi connectivity index (χ2n) is 15.8. The lowest BCUT2D eigenvalue weighted by atomic mass is 10.0. The summed E-state index contributed by atoms with van der Waals surface area (Å²) >= 11 is 0. The molecule has 0 heterocycles. The molecule has 0 saturated heterocycles. The van der Waals surface area contributed by atoms with Gasteiger partial charge in [-0.05, 0) is 96.3 Å². The molecule has 0 aliphatic rings. The smallest absolute Gasteiger partial charge is 0.306 e. The van der Waals surface area contributed by atoms with Crippen LogP contribution in [0, 0.1) is 0 Å². The molecule has 1 atom stereocenters. The van der Waals surface area contributed by atoms with E-state index in [1.807, 2.05) is 12.2 Å². The third-order valence-electron chi connectivity index (χ3n) is 9.95. The number of rotatable bonds is 43. The Labute approximate surface area is 381 Å². The van der Waals surface area contributed by atoms with Crippen LogP contribution in [0.3, 0.4) is 0 Å². The highest BCUT2D eigenvalue weighted by molar-refractivity contribution is 5.70. The van der Waals surface area contributed by atoms with Crippen LogP contribution in [0.5, 0.6) is 0 Å². The van der Waals surface area contributed by atoms with Gasteiger partial charge in [-0.2, -0.15) is 0 Å². The molecule has 1 N–H and O–H groups in total. The van der Waals surface area contributed by atoms with Gasteiger partial charge in [0.25, 0.3) is 0 Å². The van der Waals surface area contributed by atoms with Crippen LogP contribution in [0.2, 0.25) is 0 Å². The third kappa shape index (κ3) is 48.7. The first-order chi connectivity index (χ1) is 30.6. The van der Waals surface area contributed by atoms with Crippen LogP contribution in [0.1, 0.15) is 194 Å². The minimum atomic E-state index is -0.809. The maximum atomic E-state index is 12.2. The van der Waals surface area contributed by atoms with Crippen LogP contribution in [-0.4, -0.2) is 36.4 Å². The number of ether oxygens (including phenoxy) is 2. The number of carbonyl (C=O) groups is 2. The summed E-state index contributed by atoms with van der Waals surface area (Å²) in [7, 11) is 0. The molecule has 0 saturated carbocycles. The molecular formula is C57H90O5. The van der Waals surface area contributed by atoms with Crippen LogP contribution >= 0.6 is 0 Å². The van der Waals surface area contributed by atoms with Crippen molar-refractivity contribution < 1.29 is 24.2 Å². The summed E-state index contributed by atoms with van der Waals surface area (Å²) in [5.74, 6) is -0.696. The molecular weight excluding hydrogens is 765 g/mol. The zero-order valence-corrected chi connectivity index (χ0v) is 39.6. The van der Waals surface area contributed by atoms with E-state index >= 15 is 0 Å². The number of allylic oxidation sites excluding steroid dienone is 22. The molecule has 1 unspecified atom stereocenters. The van der Waals surface area contributed by atoms with Crippen LogP contribution in [-0.2, 0) is 19.1 Å². The average molecular weight is 855 g/mol. The van der Waals surface area contributed by atoms with E-state index in [4.69, 9.17) is 9.47 Å². The van der Waals surface area contributed by atoms with Crippen molar-refractivity contribution in [3.63, 3.8) is 0 Å². The predicted octanol–water partition coefficient (Wildman–Crippen LogP) is 16.5. The van der Waals surface area contributed by atoms with E-state index < -0.39 is 6.10 Å². The van der Waals surface area contributed by atoms with E-state index in [0.717, 1.165) is 89.9 Å². The molecule has 0 radical (unpaired) electrons. The molecule has 5 heteroatoms. The minimum absolute atomic E-state index is 0.111. The Morgan fingerprint density at radius 1 is 0.371 bits per heavy atom. The van der Waals surface area contributed by atoms with Crippen molar-refractivity contribution in [1.29, 1.82) is 0 Å². The second kappa shape index (κ2) is 51.4. The van der Waals surface area contributed by atoms with Gasteiger partial charge in [-0.1, -0.05) is 218 Å². The van der Waals surface area contributed by atoms with Crippen molar-refractivity contribution in [3.8, 4) is 0 Å². The first-order valence-corrected chi connectivity index (χ1v) is 24.7. The molecule has 348 valence electrons. The lowest BCUT2D eigenvalue weighted by molar-refractivity contribution is -0.161. The van der Waals surface area contributed by atoms with Crippen LogP contribution in [0.15, 0.2) is 134 Å². The fourth-order valence-corrected chi connectivity index (χ4v) is 6.31. The van der Waals surface area contributed by atoms with Crippen LogP contribution in [0.25, 0.3) is 0 Å². The highest BCUT2D eigenvalue weighted by Gasteiger charge is 2.15. The zero-order valence-electron chi connectivity index (χ0n) is 39.6. The van der Waals surface area contributed by atoms with Gasteiger partial charge in [0.2, 0.25) is 0 Å². The topological polar surface area (TPSA) is 72.8 Å². The standard InChI is InChI=1S/C57H90O5/c1-3-5-7-9-11-13-15-17-18-19-20-21-22-23-24-25-26-27-28-29-30-31-32-33-34-35-36-37-38-40-42-44-46-48-50-52-57(60)62-55(53-58)54-61-56(59)51-49-47-45-43-41-39-16-14-12-10-8-6-4-2/h5-8,11-14,17-18,20-21,23-24,26-27,29-30,39,41,45,47,55,58H,3-4,9-10,15-16,19,22,25,28,31-38,40,42-44,46,48-54H2,1-2H3/b7-5-,8-6-,13-11-,14-12-,18-17-,21-20-,24-23-,27-26-,30-29-,41-39-,47-45-. The SMILES string of the molecule is CC/C=C\C/C=C\C/C=C\C/C=C\C/C=C\C/C=C\C/C=C\CCCCCCCCCCCCCCCC(=O)OC(CO)COC(=O)CC/C=C\C/C=C\C/C=C\C/C=C\CC. The number of carbonyl (C=O) groups excluding carboxylic acids is 2. The van der Waals surface area contributed by atoms with Gasteiger partial charge in [0.1, 0.15) is 6.61 Å². The highest BCUT2D eigenvalue weighted by Crippen LogP contribution is 2.14. The summed E-state index contributed by atoms with van der Waals surface area (Å²) in [6.45, 7) is 3.83. The van der Waals surface area contributed by atoms with E-state index in [2.05, 4.69) is 135 Å². The van der Waals surface area contributed by atoms with Crippen molar-refractivity contribution in [2.45, 2.75) is 200 Å². The van der Waals surface area contributed by atoms with Crippen LogP contribution in [0.4, 0.5) is 0 Å². The van der Waals surface area contributed by atoms with E-state index in [1.165, 1.54) is 70.6 Å². The zero-order chi connectivity index (χ0) is 44.9. The van der Waals surface area contributed by atoms with Gasteiger partial charge in [-0.15, -0.1) is 0 Å². The molecule has 0 spiro atoms. The summed E-state index contributed by atoms with van der Waals surface area (Å²) < 4.78 is 10.6. The Bertz CT molecular complexity index is 1330. The molecule has 0 amide bonds. The van der Waals surface area contributed by atoms with Crippen molar-refractivity contribution in [3.05, 3.63) is 134 Å². The largest absolute Gasteiger partial charge is 0.462 e. The quantitative estimate of drug-likeness (QED) is 0.0376. The fraction of sp³-hybridized carbons (Fsp3) is 0.579. The molecule has 0 aromatic rings. The molecule has 0 aliphatic carbocycles. The van der Waals surface area contributed by atoms with E-state index in [1.54, 1.807) is 0 Å². The number of aliphatic hydroxyl groups is 1. The maximum Gasteiger partial charge on any atom is 0.306 e. The normalized spacial score (nSPS) is 13.4. The van der Waals surface area contributed by atoms with E-state index in [-0.39, 0.29) is 31.6 Å². The number of unbranched alkanes of at least 4 members (excludes halogenated alkanes) is 13. The summed E-state index contributed by atoms with van der Waals surface area (Å²) in [5, 5.41) is 9.58. The summed E-state index contributed by atoms with van der Waals surface area (Å²) in [6.07, 6.45) is 77.1. The molecule has 0 bridgehead atoms. The molecule has 0 aliphatic heterocycles. The van der Waals surface area contributed by atoms with Gasteiger partial charge in [-0.25, -0.2) is 0 Å². The highest BCUT2D eigenvalue weighted by atomic mass is 16.6. The van der Waals surface area contributed by atoms with Crippen molar-refractivity contribution in [2.24, 2.45) is 0 Å². The molecule has 62 heavy (non-hydrogen) atoms. The first kappa shape index (κ1) is 58.0. The maximum absolute atomic E-state index is 12.2. The number of aliphatic hydroxyl groups excluding tert-OH is 1. The summed E-state index contributed by atoms with van der Waals surface area (Å²) in [5.41, 5.74) is 0. The van der Waals surface area contributed by atoms with Gasteiger partial charge in [0.15, 0.2) is 6.10 Å². The van der Waals surface area contributed by atoms with E-state index in [9.17, 15) is 14.7 Å².